The van der Waals surface area contributed by atoms with E-state index in [0.29, 0.717) is 6.61 Å². The van der Waals surface area contributed by atoms with Crippen molar-refractivity contribution in [3.63, 3.8) is 0 Å². The third kappa shape index (κ3) is 4.08. The molecule has 0 aliphatic carbocycles. The average molecular weight is 260 g/mol. The first-order valence-corrected chi connectivity index (χ1v) is 6.47. The number of benzene rings is 1. The van der Waals surface area contributed by atoms with Gasteiger partial charge < -0.3 is 4.74 Å². The number of para-hydroxylation sites is 1. The summed E-state index contributed by atoms with van der Waals surface area (Å²) in [6, 6.07) is 9.79. The molecule has 0 radical (unpaired) electrons. The molecule has 0 saturated heterocycles. The van der Waals surface area contributed by atoms with Gasteiger partial charge in [-0.05, 0) is 31.0 Å². The van der Waals surface area contributed by atoms with Crippen molar-refractivity contribution >= 4 is 0 Å². The first kappa shape index (κ1) is 13.6. The van der Waals surface area contributed by atoms with E-state index in [1.807, 2.05) is 47.4 Å². The van der Waals surface area contributed by atoms with E-state index < -0.39 is 0 Å². The predicted molar refractivity (Wildman–Crippen MR) is 74.7 cm³/mol. The van der Waals surface area contributed by atoms with Gasteiger partial charge >= 0.3 is 0 Å². The van der Waals surface area contributed by atoms with Crippen molar-refractivity contribution in [1.29, 1.82) is 0 Å². The highest BCUT2D eigenvalue weighted by Crippen LogP contribution is 2.10. The summed E-state index contributed by atoms with van der Waals surface area (Å²) in [6.07, 6.45) is 4.70. The van der Waals surface area contributed by atoms with Gasteiger partial charge in [-0.2, -0.15) is 5.10 Å². The van der Waals surface area contributed by atoms with Crippen LogP contribution in [0.2, 0.25) is 0 Å². The molecule has 2 aromatic rings. The molecule has 1 atom stereocenters. The smallest absolute Gasteiger partial charge is 0.119 e. The fourth-order valence-corrected chi connectivity index (χ4v) is 1.85. The molecule has 1 heterocycles. The molecule has 0 aliphatic rings. The van der Waals surface area contributed by atoms with E-state index in [1.165, 1.54) is 0 Å². The van der Waals surface area contributed by atoms with Crippen molar-refractivity contribution < 1.29 is 4.74 Å². The van der Waals surface area contributed by atoms with Crippen LogP contribution in [0.15, 0.2) is 42.7 Å². The number of hydrazine groups is 1. The van der Waals surface area contributed by atoms with Gasteiger partial charge in [0.25, 0.3) is 0 Å². The summed E-state index contributed by atoms with van der Waals surface area (Å²) in [5, 5.41) is 4.25. The number of aryl methyl sites for hydroxylation is 1. The molecule has 5 nitrogen and oxygen atoms in total. The second-order valence-corrected chi connectivity index (χ2v) is 4.40. The summed E-state index contributed by atoms with van der Waals surface area (Å²) in [7, 11) is 0. The van der Waals surface area contributed by atoms with Crippen molar-refractivity contribution in [2.75, 3.05) is 6.61 Å². The summed E-state index contributed by atoms with van der Waals surface area (Å²) in [4.78, 5) is 0. The zero-order valence-electron chi connectivity index (χ0n) is 11.1. The van der Waals surface area contributed by atoms with Crippen LogP contribution in [0.1, 0.15) is 12.5 Å². The van der Waals surface area contributed by atoms with Gasteiger partial charge in [0, 0.05) is 12.7 Å². The lowest BCUT2D eigenvalue weighted by atomic mass is 10.1. The standard InChI is InChI=1S/C14H20N4O/c1-2-18-10-12(9-16-18)8-13(17-15)11-19-14-6-4-3-5-7-14/h3-7,9-10,13,17H,2,8,11,15H2,1H3. The molecule has 102 valence electrons. The highest BCUT2D eigenvalue weighted by Gasteiger charge is 2.10. The first-order valence-electron chi connectivity index (χ1n) is 6.47. The van der Waals surface area contributed by atoms with E-state index in [0.717, 1.165) is 24.3 Å². The molecule has 5 heteroatoms. The van der Waals surface area contributed by atoms with Gasteiger partial charge in [-0.15, -0.1) is 0 Å². The van der Waals surface area contributed by atoms with Crippen LogP contribution in [0.25, 0.3) is 0 Å². The minimum Gasteiger partial charge on any atom is -0.492 e. The van der Waals surface area contributed by atoms with Gasteiger partial charge in [-0.1, -0.05) is 18.2 Å². The van der Waals surface area contributed by atoms with E-state index >= 15 is 0 Å². The Kier molecular flexibility index (Phi) is 4.94. The van der Waals surface area contributed by atoms with Gasteiger partial charge in [-0.25, -0.2) is 0 Å². The molecule has 2 rings (SSSR count). The van der Waals surface area contributed by atoms with Crippen LogP contribution >= 0.6 is 0 Å². The van der Waals surface area contributed by atoms with Gasteiger partial charge in [0.05, 0.1) is 12.2 Å². The zero-order valence-corrected chi connectivity index (χ0v) is 11.1. The lowest BCUT2D eigenvalue weighted by molar-refractivity contribution is 0.264. The quantitative estimate of drug-likeness (QED) is 0.583. The largest absolute Gasteiger partial charge is 0.492 e. The van der Waals surface area contributed by atoms with Crippen molar-refractivity contribution in [3.8, 4) is 5.75 Å². The Morgan fingerprint density at radius 2 is 2.16 bits per heavy atom. The van der Waals surface area contributed by atoms with E-state index in [2.05, 4.69) is 17.4 Å². The monoisotopic (exact) mass is 260 g/mol. The summed E-state index contributed by atoms with van der Waals surface area (Å²) in [6.45, 7) is 3.47. The van der Waals surface area contributed by atoms with Crippen LogP contribution < -0.4 is 16.0 Å². The van der Waals surface area contributed by atoms with Gasteiger partial charge in [-0.3, -0.25) is 16.0 Å². The Labute approximate surface area is 113 Å². The van der Waals surface area contributed by atoms with Gasteiger partial charge in [0.2, 0.25) is 0 Å². The molecule has 3 N–H and O–H groups in total. The molecule has 0 aliphatic heterocycles. The summed E-state index contributed by atoms with van der Waals surface area (Å²) in [5.74, 6) is 6.42. The van der Waals surface area contributed by atoms with E-state index in [1.54, 1.807) is 0 Å². The third-order valence-corrected chi connectivity index (χ3v) is 2.92. The summed E-state index contributed by atoms with van der Waals surface area (Å²) in [5.41, 5.74) is 3.94. The van der Waals surface area contributed by atoms with E-state index in [9.17, 15) is 0 Å². The van der Waals surface area contributed by atoms with Crippen molar-refractivity contribution in [2.45, 2.75) is 25.9 Å². The van der Waals surface area contributed by atoms with E-state index in [-0.39, 0.29) is 6.04 Å². The third-order valence-electron chi connectivity index (χ3n) is 2.92. The first-order chi connectivity index (χ1) is 9.31. The molecule has 1 unspecified atom stereocenters. The molecule has 1 aromatic carbocycles. The van der Waals surface area contributed by atoms with Crippen LogP contribution in [-0.2, 0) is 13.0 Å². The fourth-order valence-electron chi connectivity index (χ4n) is 1.85. The number of ether oxygens (including phenoxy) is 1. The second-order valence-electron chi connectivity index (χ2n) is 4.40. The number of aromatic nitrogens is 2. The molecule has 0 amide bonds. The number of hydrogen-bond donors (Lipinski definition) is 2. The lowest BCUT2D eigenvalue weighted by Crippen LogP contribution is -2.41. The van der Waals surface area contributed by atoms with Gasteiger partial charge in [0.15, 0.2) is 0 Å². The van der Waals surface area contributed by atoms with Crippen LogP contribution in [0.3, 0.4) is 0 Å². The number of rotatable bonds is 7. The number of nitrogens with zero attached hydrogens (tertiary/aromatic N) is 2. The Hall–Kier alpha value is -1.85. The fraction of sp³-hybridized carbons (Fsp3) is 0.357. The predicted octanol–water partition coefficient (Wildman–Crippen LogP) is 1.36. The molecule has 0 spiro atoms. The Bertz CT molecular complexity index is 483. The second kappa shape index (κ2) is 6.92. The number of nitrogens with two attached hydrogens (primary N) is 1. The molecule has 0 bridgehead atoms. The lowest BCUT2D eigenvalue weighted by Gasteiger charge is -2.15. The SMILES string of the molecule is CCn1cc(CC(COc2ccccc2)NN)cn1. The van der Waals surface area contributed by atoms with Crippen molar-refractivity contribution in [2.24, 2.45) is 5.84 Å². The Morgan fingerprint density at radius 3 is 2.79 bits per heavy atom. The van der Waals surface area contributed by atoms with Crippen LogP contribution in [-0.4, -0.2) is 22.4 Å². The Balaban J connectivity index is 1.86. The van der Waals surface area contributed by atoms with Crippen molar-refractivity contribution in [1.82, 2.24) is 15.2 Å². The van der Waals surface area contributed by atoms with Crippen LogP contribution in [0.5, 0.6) is 5.75 Å². The zero-order chi connectivity index (χ0) is 13.5. The maximum Gasteiger partial charge on any atom is 0.119 e. The number of nitrogens with one attached hydrogen (secondary N) is 1. The topological polar surface area (TPSA) is 65.1 Å². The maximum atomic E-state index is 5.69. The normalized spacial score (nSPS) is 12.3. The molecule has 1 aromatic heterocycles. The van der Waals surface area contributed by atoms with Crippen LogP contribution in [0.4, 0.5) is 0 Å². The summed E-state index contributed by atoms with van der Waals surface area (Å²) >= 11 is 0. The molecule has 0 fully saturated rings. The molecular formula is C14H20N4O. The molecular weight excluding hydrogens is 240 g/mol. The van der Waals surface area contributed by atoms with Crippen molar-refractivity contribution in [3.05, 3.63) is 48.3 Å². The molecule has 0 saturated carbocycles. The Morgan fingerprint density at radius 1 is 1.37 bits per heavy atom. The van der Waals surface area contributed by atoms with Gasteiger partial charge in [0.1, 0.15) is 12.4 Å². The highest BCUT2D eigenvalue weighted by molar-refractivity contribution is 5.21. The van der Waals surface area contributed by atoms with E-state index in [4.69, 9.17) is 10.6 Å². The molecule has 19 heavy (non-hydrogen) atoms. The number of hydrogen-bond acceptors (Lipinski definition) is 4. The minimum atomic E-state index is 0.0645. The summed E-state index contributed by atoms with van der Waals surface area (Å²) < 4.78 is 7.60. The average Bonchev–Trinajstić information content (AvgIpc) is 2.92. The minimum absolute atomic E-state index is 0.0645. The van der Waals surface area contributed by atoms with Crippen LogP contribution in [0, 0.1) is 0 Å². The maximum absolute atomic E-state index is 5.69. The highest BCUT2D eigenvalue weighted by atomic mass is 16.5.